The predicted molar refractivity (Wildman–Crippen MR) is 145 cm³/mol. The molecule has 7 nitrogen and oxygen atoms in total. The molecular weight excluding hydrogens is 507 g/mol. The highest BCUT2D eigenvalue weighted by atomic mass is 32.1. The molecule has 0 spiro atoms. The van der Waals surface area contributed by atoms with Crippen molar-refractivity contribution in [3.8, 4) is 11.5 Å². The highest BCUT2D eigenvalue weighted by Gasteiger charge is 2.45. The lowest BCUT2D eigenvalue weighted by Gasteiger charge is -2.23. The number of aryl methyl sites for hydroxylation is 2. The second-order valence-corrected chi connectivity index (χ2v) is 10.9. The summed E-state index contributed by atoms with van der Waals surface area (Å²) in [5.41, 5.74) is 1.27. The van der Waals surface area contributed by atoms with Crippen LogP contribution in [0.4, 0.5) is 9.52 Å². The highest BCUT2D eigenvalue weighted by Crippen LogP contribution is 2.44. The third kappa shape index (κ3) is 4.55. The van der Waals surface area contributed by atoms with E-state index in [1.54, 1.807) is 12.1 Å². The molecule has 38 heavy (non-hydrogen) atoms. The average Bonchev–Trinajstić information content (AvgIpc) is 3.36. The van der Waals surface area contributed by atoms with E-state index in [1.165, 1.54) is 28.4 Å². The van der Waals surface area contributed by atoms with Crippen molar-refractivity contribution >= 4 is 33.3 Å². The van der Waals surface area contributed by atoms with Gasteiger partial charge in [-0.15, -0.1) is 11.3 Å². The predicted octanol–water partition coefficient (Wildman–Crippen LogP) is 6.58. The van der Waals surface area contributed by atoms with E-state index in [4.69, 9.17) is 13.9 Å². The van der Waals surface area contributed by atoms with Gasteiger partial charge >= 0.3 is 0 Å². The van der Waals surface area contributed by atoms with Crippen LogP contribution in [-0.2, 0) is 0 Å². The van der Waals surface area contributed by atoms with Gasteiger partial charge in [-0.25, -0.2) is 9.37 Å². The van der Waals surface area contributed by atoms with Crippen LogP contribution in [0.5, 0.6) is 11.5 Å². The number of fused-ring (bicyclic) bond motifs is 2. The van der Waals surface area contributed by atoms with Gasteiger partial charge in [-0.05, 0) is 69.0 Å². The van der Waals surface area contributed by atoms with Crippen LogP contribution in [-0.4, -0.2) is 24.1 Å². The summed E-state index contributed by atoms with van der Waals surface area (Å²) in [7, 11) is 0. The Balaban J connectivity index is 1.69. The molecule has 0 fully saturated rings. The van der Waals surface area contributed by atoms with Crippen LogP contribution >= 0.6 is 11.3 Å². The number of rotatable bonds is 8. The zero-order valence-electron chi connectivity index (χ0n) is 22.0. The summed E-state index contributed by atoms with van der Waals surface area (Å²) in [4.78, 5) is 34.6. The van der Waals surface area contributed by atoms with Gasteiger partial charge < -0.3 is 13.9 Å². The average molecular weight is 537 g/mol. The number of benzene rings is 2. The summed E-state index contributed by atoms with van der Waals surface area (Å²) in [6.45, 7) is 10.9. The van der Waals surface area contributed by atoms with E-state index < -0.39 is 23.2 Å². The van der Waals surface area contributed by atoms with Crippen molar-refractivity contribution in [3.63, 3.8) is 0 Å². The van der Waals surface area contributed by atoms with Crippen molar-refractivity contribution in [2.24, 2.45) is 5.92 Å². The number of hydrogen-bond donors (Lipinski definition) is 0. The summed E-state index contributed by atoms with van der Waals surface area (Å²) in [6, 6.07) is 8.27. The van der Waals surface area contributed by atoms with Crippen LogP contribution in [0, 0.1) is 25.6 Å². The molecule has 0 saturated heterocycles. The third-order valence-electron chi connectivity index (χ3n) is 6.59. The molecule has 1 aliphatic heterocycles. The van der Waals surface area contributed by atoms with Gasteiger partial charge in [-0.3, -0.25) is 14.5 Å². The summed E-state index contributed by atoms with van der Waals surface area (Å²) in [5.74, 6) is 0.481. The Bertz CT molecular complexity index is 1570. The number of ether oxygens (including phenoxy) is 2. The Morgan fingerprint density at radius 1 is 1.11 bits per heavy atom. The minimum absolute atomic E-state index is 0.0696. The van der Waals surface area contributed by atoms with E-state index in [0.717, 1.165) is 23.1 Å². The quantitative estimate of drug-likeness (QED) is 0.253. The lowest BCUT2D eigenvalue weighted by Crippen LogP contribution is -2.29. The first-order valence-corrected chi connectivity index (χ1v) is 13.4. The number of aromatic nitrogens is 1. The summed E-state index contributed by atoms with van der Waals surface area (Å²) in [6.07, 6.45) is 0.888. The Hall–Kier alpha value is -3.72. The van der Waals surface area contributed by atoms with Crippen molar-refractivity contribution < 1.29 is 23.1 Å². The monoisotopic (exact) mass is 536 g/mol. The second kappa shape index (κ2) is 10.2. The first-order chi connectivity index (χ1) is 18.2. The van der Waals surface area contributed by atoms with Crippen LogP contribution in [0.3, 0.4) is 0 Å². The summed E-state index contributed by atoms with van der Waals surface area (Å²) >= 11 is 1.36. The molecule has 0 aliphatic carbocycles. The molecule has 0 radical (unpaired) electrons. The standard InChI is InChI=1S/C29H29FN2O5S/c1-6-35-23-13-18(7-9-22(23)36-12-11-15(2)3)25-24-26(33)20-14-19(30)8-10-21(20)37-27(24)28(34)32(25)29-31-16(4)17(5)38-29/h7-10,13-15,25H,6,11-12H2,1-5H3. The van der Waals surface area contributed by atoms with Crippen LogP contribution in [0.1, 0.15) is 65.5 Å². The van der Waals surface area contributed by atoms with Crippen molar-refractivity contribution in [1.29, 1.82) is 0 Å². The largest absolute Gasteiger partial charge is 0.490 e. The number of carbonyl (C=O) groups excluding carboxylic acids is 1. The Morgan fingerprint density at radius 2 is 1.89 bits per heavy atom. The molecule has 5 rings (SSSR count). The molecule has 1 aliphatic rings. The molecule has 1 atom stereocenters. The van der Waals surface area contributed by atoms with Crippen molar-refractivity contribution in [1.82, 2.24) is 4.98 Å². The van der Waals surface area contributed by atoms with E-state index in [-0.39, 0.29) is 22.3 Å². The Labute approximate surface area is 223 Å². The maximum Gasteiger partial charge on any atom is 0.297 e. The first-order valence-electron chi connectivity index (χ1n) is 12.6. The van der Waals surface area contributed by atoms with E-state index >= 15 is 0 Å². The molecule has 0 N–H and O–H groups in total. The van der Waals surface area contributed by atoms with Crippen LogP contribution in [0.15, 0.2) is 45.6 Å². The van der Waals surface area contributed by atoms with Gasteiger partial charge in [0.2, 0.25) is 5.76 Å². The maximum absolute atomic E-state index is 14.1. The molecule has 0 saturated carbocycles. The molecule has 2 aromatic carbocycles. The number of thiazole rings is 1. The fraction of sp³-hybridized carbons (Fsp3) is 0.345. The van der Waals surface area contributed by atoms with Crippen LogP contribution in [0.2, 0.25) is 0 Å². The molecule has 9 heteroatoms. The number of halogens is 1. The van der Waals surface area contributed by atoms with Crippen molar-refractivity contribution in [3.05, 3.63) is 79.9 Å². The van der Waals surface area contributed by atoms with Crippen molar-refractivity contribution in [2.75, 3.05) is 18.1 Å². The van der Waals surface area contributed by atoms with Gasteiger partial charge in [0.25, 0.3) is 5.91 Å². The molecule has 3 heterocycles. The van der Waals surface area contributed by atoms with Gasteiger partial charge in [-0.2, -0.15) is 0 Å². The Kier molecular flexibility index (Phi) is 6.96. The molecule has 198 valence electrons. The van der Waals surface area contributed by atoms with Gasteiger partial charge in [0, 0.05) is 4.88 Å². The summed E-state index contributed by atoms with van der Waals surface area (Å²) in [5, 5.41) is 0.528. The highest BCUT2D eigenvalue weighted by molar-refractivity contribution is 7.15. The second-order valence-electron chi connectivity index (χ2n) is 9.70. The van der Waals surface area contributed by atoms with E-state index in [0.29, 0.717) is 41.3 Å². The number of nitrogens with zero attached hydrogens (tertiary/aromatic N) is 2. The maximum atomic E-state index is 14.1. The van der Waals surface area contributed by atoms with E-state index in [9.17, 15) is 14.0 Å². The van der Waals surface area contributed by atoms with Crippen molar-refractivity contribution in [2.45, 2.75) is 47.1 Å². The molecule has 0 bridgehead atoms. The van der Waals surface area contributed by atoms with Gasteiger partial charge in [0.15, 0.2) is 22.1 Å². The van der Waals surface area contributed by atoms with Crippen LogP contribution < -0.4 is 19.8 Å². The number of amides is 1. The smallest absolute Gasteiger partial charge is 0.297 e. The van der Waals surface area contributed by atoms with E-state index in [1.807, 2.05) is 26.8 Å². The zero-order valence-corrected chi connectivity index (χ0v) is 22.8. The lowest BCUT2D eigenvalue weighted by atomic mass is 9.98. The van der Waals surface area contributed by atoms with Gasteiger partial charge in [0.05, 0.1) is 35.9 Å². The number of anilines is 1. The lowest BCUT2D eigenvalue weighted by molar-refractivity contribution is 0.0971. The fourth-order valence-electron chi connectivity index (χ4n) is 4.50. The molecule has 4 aromatic rings. The zero-order chi connectivity index (χ0) is 27.1. The molecule has 1 amide bonds. The minimum Gasteiger partial charge on any atom is -0.490 e. The molecule has 2 aromatic heterocycles. The van der Waals surface area contributed by atoms with Gasteiger partial charge in [0.1, 0.15) is 11.4 Å². The SMILES string of the molecule is CCOc1cc(C2c3c(oc4ccc(F)cc4c3=O)C(=O)N2c2nc(C)c(C)s2)ccc1OCCC(C)C. The first kappa shape index (κ1) is 25.9. The molecular formula is C29H29FN2O5S. The number of hydrogen-bond acceptors (Lipinski definition) is 7. The molecule has 1 unspecified atom stereocenters. The van der Waals surface area contributed by atoms with Gasteiger partial charge in [-0.1, -0.05) is 19.9 Å². The Morgan fingerprint density at radius 3 is 2.58 bits per heavy atom. The van der Waals surface area contributed by atoms with E-state index in [2.05, 4.69) is 18.8 Å². The number of carbonyl (C=O) groups is 1. The van der Waals surface area contributed by atoms with Crippen LogP contribution in [0.25, 0.3) is 11.0 Å². The summed E-state index contributed by atoms with van der Waals surface area (Å²) < 4.78 is 31.9. The topological polar surface area (TPSA) is 81.9 Å². The minimum atomic E-state index is -0.838. The fourth-order valence-corrected chi connectivity index (χ4v) is 5.44. The third-order valence-corrected chi connectivity index (χ3v) is 7.66. The normalized spacial score (nSPS) is 15.0.